The molecule has 1 aliphatic heterocycles. The zero-order valence-electron chi connectivity index (χ0n) is 11.3. The first-order chi connectivity index (χ1) is 9.70. The predicted octanol–water partition coefficient (Wildman–Crippen LogP) is 1.47. The van der Waals surface area contributed by atoms with Crippen LogP contribution in [0.25, 0.3) is 11.0 Å². The van der Waals surface area contributed by atoms with Gasteiger partial charge in [-0.2, -0.15) is 0 Å². The molecule has 2 fully saturated rings. The summed E-state index contributed by atoms with van der Waals surface area (Å²) in [4.78, 5) is 21.8. The number of primary amides is 1. The van der Waals surface area contributed by atoms with Gasteiger partial charge in [-0.1, -0.05) is 6.07 Å². The van der Waals surface area contributed by atoms with Gasteiger partial charge in [-0.25, -0.2) is 4.98 Å². The number of rotatable bonds is 4. The number of imidazole rings is 1. The van der Waals surface area contributed by atoms with Crippen molar-refractivity contribution in [3.05, 3.63) is 29.6 Å². The van der Waals surface area contributed by atoms with E-state index in [0.29, 0.717) is 17.0 Å². The van der Waals surface area contributed by atoms with Crippen LogP contribution in [0.1, 0.15) is 34.9 Å². The Balaban J connectivity index is 1.55. The molecule has 1 saturated carbocycles. The molecule has 4 rings (SSSR count). The SMILES string of the molecule is NC(=O)c1cccc2[nH]c(C3CN(CC4CC4)C3)nc12. The number of carbonyl (C=O) groups is 1. The molecule has 0 spiro atoms. The van der Waals surface area contributed by atoms with Gasteiger partial charge in [-0.15, -0.1) is 0 Å². The molecule has 5 heteroatoms. The van der Waals surface area contributed by atoms with Gasteiger partial charge < -0.3 is 15.6 Å². The Kier molecular flexibility index (Phi) is 2.57. The van der Waals surface area contributed by atoms with Crippen molar-refractivity contribution >= 4 is 16.9 Å². The van der Waals surface area contributed by atoms with Gasteiger partial charge in [0.15, 0.2) is 0 Å². The smallest absolute Gasteiger partial charge is 0.250 e. The number of fused-ring (bicyclic) bond motifs is 1. The van der Waals surface area contributed by atoms with Gasteiger partial charge >= 0.3 is 0 Å². The quantitative estimate of drug-likeness (QED) is 0.883. The maximum Gasteiger partial charge on any atom is 0.250 e. The first kappa shape index (κ1) is 11.9. The van der Waals surface area contributed by atoms with E-state index in [2.05, 4.69) is 14.9 Å². The summed E-state index contributed by atoms with van der Waals surface area (Å²) in [5.74, 6) is 1.97. The molecule has 1 aromatic carbocycles. The minimum absolute atomic E-state index is 0.419. The maximum absolute atomic E-state index is 11.4. The van der Waals surface area contributed by atoms with Gasteiger partial charge in [0.1, 0.15) is 11.3 Å². The second-order valence-corrected chi connectivity index (χ2v) is 6.05. The van der Waals surface area contributed by atoms with Crippen molar-refractivity contribution in [2.75, 3.05) is 19.6 Å². The van der Waals surface area contributed by atoms with E-state index < -0.39 is 5.91 Å². The Morgan fingerprint density at radius 2 is 2.20 bits per heavy atom. The topological polar surface area (TPSA) is 75.0 Å². The molecule has 0 atom stereocenters. The van der Waals surface area contributed by atoms with Crippen molar-refractivity contribution in [3.8, 4) is 0 Å². The summed E-state index contributed by atoms with van der Waals surface area (Å²) >= 11 is 0. The third kappa shape index (κ3) is 1.98. The number of carbonyl (C=O) groups excluding carboxylic acids is 1. The molecule has 2 aromatic rings. The van der Waals surface area contributed by atoms with E-state index in [-0.39, 0.29) is 0 Å². The largest absolute Gasteiger partial charge is 0.366 e. The number of amides is 1. The molecule has 1 aromatic heterocycles. The highest BCUT2D eigenvalue weighted by Gasteiger charge is 2.34. The molecule has 104 valence electrons. The van der Waals surface area contributed by atoms with Crippen molar-refractivity contribution in [1.82, 2.24) is 14.9 Å². The summed E-state index contributed by atoms with van der Waals surface area (Å²) in [5.41, 5.74) is 7.50. The van der Waals surface area contributed by atoms with Crippen LogP contribution in [0.15, 0.2) is 18.2 Å². The number of nitrogens with two attached hydrogens (primary N) is 1. The Bertz CT molecular complexity index is 668. The molecular weight excluding hydrogens is 252 g/mol. The molecule has 2 heterocycles. The molecule has 0 radical (unpaired) electrons. The van der Waals surface area contributed by atoms with E-state index in [9.17, 15) is 4.79 Å². The summed E-state index contributed by atoms with van der Waals surface area (Å²) in [6.45, 7) is 3.38. The van der Waals surface area contributed by atoms with Crippen LogP contribution >= 0.6 is 0 Å². The fraction of sp³-hybridized carbons (Fsp3) is 0.467. The van der Waals surface area contributed by atoms with Gasteiger partial charge in [-0.05, 0) is 30.9 Å². The Morgan fingerprint density at radius 1 is 1.40 bits per heavy atom. The zero-order valence-corrected chi connectivity index (χ0v) is 11.3. The first-order valence-electron chi connectivity index (χ1n) is 7.21. The van der Waals surface area contributed by atoms with Gasteiger partial charge in [0.05, 0.1) is 11.1 Å². The molecule has 2 aliphatic rings. The maximum atomic E-state index is 11.4. The number of benzene rings is 1. The van der Waals surface area contributed by atoms with Crippen LogP contribution in [0.5, 0.6) is 0 Å². The van der Waals surface area contributed by atoms with Crippen LogP contribution in [0.4, 0.5) is 0 Å². The highest BCUT2D eigenvalue weighted by molar-refractivity contribution is 6.04. The lowest BCUT2D eigenvalue weighted by atomic mass is 9.99. The highest BCUT2D eigenvalue weighted by atomic mass is 16.1. The Morgan fingerprint density at radius 3 is 2.90 bits per heavy atom. The fourth-order valence-electron chi connectivity index (χ4n) is 3.00. The van der Waals surface area contributed by atoms with Crippen LogP contribution in [0.2, 0.25) is 0 Å². The number of para-hydroxylation sites is 1. The van der Waals surface area contributed by atoms with Gasteiger partial charge in [0.25, 0.3) is 5.91 Å². The number of hydrogen-bond acceptors (Lipinski definition) is 3. The van der Waals surface area contributed by atoms with Crippen molar-refractivity contribution in [3.63, 3.8) is 0 Å². The second-order valence-electron chi connectivity index (χ2n) is 6.05. The van der Waals surface area contributed by atoms with Crippen molar-refractivity contribution in [2.24, 2.45) is 11.7 Å². The molecule has 20 heavy (non-hydrogen) atoms. The monoisotopic (exact) mass is 270 g/mol. The van der Waals surface area contributed by atoms with Gasteiger partial charge in [0.2, 0.25) is 0 Å². The summed E-state index contributed by atoms with van der Waals surface area (Å²) in [6.07, 6.45) is 2.79. The number of H-pyrrole nitrogens is 1. The molecule has 3 N–H and O–H groups in total. The minimum atomic E-state index is -0.419. The third-order valence-corrected chi connectivity index (χ3v) is 4.35. The van der Waals surface area contributed by atoms with E-state index in [1.165, 1.54) is 19.4 Å². The zero-order chi connectivity index (χ0) is 13.7. The van der Waals surface area contributed by atoms with Gasteiger partial charge in [0, 0.05) is 25.6 Å². The van der Waals surface area contributed by atoms with Crippen LogP contribution < -0.4 is 5.73 Å². The first-order valence-corrected chi connectivity index (χ1v) is 7.21. The van der Waals surface area contributed by atoms with Gasteiger partial charge in [-0.3, -0.25) is 4.79 Å². The van der Waals surface area contributed by atoms with Crippen molar-refractivity contribution < 1.29 is 4.79 Å². The number of likely N-dealkylation sites (tertiary alicyclic amines) is 1. The predicted molar refractivity (Wildman–Crippen MR) is 76.5 cm³/mol. The summed E-state index contributed by atoms with van der Waals surface area (Å²) in [5, 5.41) is 0. The minimum Gasteiger partial charge on any atom is -0.366 e. The summed E-state index contributed by atoms with van der Waals surface area (Å²) < 4.78 is 0. The molecule has 0 bridgehead atoms. The number of aromatic amines is 1. The van der Waals surface area contributed by atoms with Crippen molar-refractivity contribution in [2.45, 2.75) is 18.8 Å². The lowest BCUT2D eigenvalue weighted by Gasteiger charge is -2.38. The van der Waals surface area contributed by atoms with Crippen molar-refractivity contribution in [1.29, 1.82) is 0 Å². The lowest BCUT2D eigenvalue weighted by Crippen LogP contribution is -2.46. The van der Waals surface area contributed by atoms with E-state index in [1.807, 2.05) is 12.1 Å². The second kappa shape index (κ2) is 4.31. The summed E-state index contributed by atoms with van der Waals surface area (Å²) in [6, 6.07) is 5.51. The van der Waals surface area contributed by atoms with E-state index in [4.69, 9.17) is 5.73 Å². The van der Waals surface area contributed by atoms with Crippen LogP contribution in [0.3, 0.4) is 0 Å². The number of nitrogens with zero attached hydrogens (tertiary/aromatic N) is 2. The van der Waals surface area contributed by atoms with Crippen LogP contribution in [-0.2, 0) is 0 Å². The molecular formula is C15H18N4O. The third-order valence-electron chi connectivity index (χ3n) is 4.35. The molecule has 1 aliphatic carbocycles. The van der Waals surface area contributed by atoms with Crippen LogP contribution in [-0.4, -0.2) is 40.4 Å². The number of aromatic nitrogens is 2. The average Bonchev–Trinajstić information content (AvgIpc) is 3.09. The molecule has 1 amide bonds. The normalized spacial score (nSPS) is 20.2. The Labute approximate surface area is 117 Å². The molecule has 0 unspecified atom stereocenters. The standard InChI is InChI=1S/C15H18N4O/c16-14(20)11-2-1-3-12-13(11)18-15(17-12)10-7-19(8-10)6-9-4-5-9/h1-3,9-10H,4-8H2,(H2,16,20)(H,17,18). The molecule has 5 nitrogen and oxygen atoms in total. The summed E-state index contributed by atoms with van der Waals surface area (Å²) in [7, 11) is 0. The lowest BCUT2D eigenvalue weighted by molar-refractivity contribution is 0.100. The van der Waals surface area contributed by atoms with E-state index in [1.54, 1.807) is 6.07 Å². The molecule has 1 saturated heterocycles. The number of hydrogen-bond donors (Lipinski definition) is 2. The number of nitrogens with one attached hydrogen (secondary N) is 1. The average molecular weight is 270 g/mol. The van der Waals surface area contributed by atoms with Crippen LogP contribution in [0, 0.1) is 5.92 Å². The highest BCUT2D eigenvalue weighted by Crippen LogP contribution is 2.34. The van der Waals surface area contributed by atoms with E-state index in [0.717, 1.165) is 30.3 Å². The fourth-order valence-corrected chi connectivity index (χ4v) is 3.00. The van der Waals surface area contributed by atoms with E-state index >= 15 is 0 Å². The Hall–Kier alpha value is -1.88.